The number of carbonyl (C=O) groups excluding carboxylic acids is 1. The summed E-state index contributed by atoms with van der Waals surface area (Å²) in [5.41, 5.74) is 3.28. The number of hydrogen-bond donors (Lipinski definition) is 1. The molecule has 4 rings (SSSR count). The van der Waals surface area contributed by atoms with Crippen molar-refractivity contribution in [3.8, 4) is 0 Å². The monoisotopic (exact) mass is 370 g/mol. The van der Waals surface area contributed by atoms with Crippen LogP contribution in [0.1, 0.15) is 42.6 Å². The number of hydrogen-bond acceptors (Lipinski definition) is 3. The molecule has 1 N–H and O–H groups in total. The van der Waals surface area contributed by atoms with Crippen molar-refractivity contribution in [1.29, 1.82) is 0 Å². The molecule has 1 fully saturated rings. The highest BCUT2D eigenvalue weighted by Gasteiger charge is 2.36. The molecular weight excluding hydrogens is 343 g/mol. The van der Waals surface area contributed by atoms with Crippen LogP contribution in [0.2, 0.25) is 0 Å². The van der Waals surface area contributed by atoms with E-state index in [4.69, 9.17) is 0 Å². The zero-order valence-corrected chi connectivity index (χ0v) is 15.9. The Balaban J connectivity index is 1.36. The second kappa shape index (κ2) is 7.43. The highest BCUT2D eigenvalue weighted by atomic mass is 19.1. The number of halogens is 1. The van der Waals surface area contributed by atoms with Crippen molar-refractivity contribution in [1.82, 2.24) is 20.0 Å². The Morgan fingerprint density at radius 3 is 2.70 bits per heavy atom. The fourth-order valence-electron chi connectivity index (χ4n) is 4.55. The summed E-state index contributed by atoms with van der Waals surface area (Å²) in [7, 11) is 0. The van der Waals surface area contributed by atoms with E-state index in [1.54, 1.807) is 0 Å². The minimum Gasteiger partial charge on any atom is -0.354 e. The smallest absolute Gasteiger partial charge is 0.234 e. The van der Waals surface area contributed by atoms with E-state index in [9.17, 15) is 9.18 Å². The first-order chi connectivity index (χ1) is 13.0. The highest BCUT2D eigenvalue weighted by molar-refractivity contribution is 5.78. The predicted molar refractivity (Wildman–Crippen MR) is 102 cm³/mol. The van der Waals surface area contributed by atoms with Crippen LogP contribution in [-0.2, 0) is 23.3 Å². The van der Waals surface area contributed by atoms with Crippen LogP contribution in [0, 0.1) is 12.7 Å². The molecule has 0 bridgehead atoms. The summed E-state index contributed by atoms with van der Waals surface area (Å²) in [5.74, 6) is -0.149. The van der Waals surface area contributed by atoms with Gasteiger partial charge in [-0.3, -0.25) is 14.4 Å². The Hall–Kier alpha value is -2.21. The predicted octanol–water partition coefficient (Wildman–Crippen LogP) is 2.77. The molecule has 0 saturated heterocycles. The standard InChI is InChI=1S/C21H27FN4O/c1-16-12-19-13-25(10-11-26(19)24-16)14-20(27)23-15-21(8-2-3-9-21)17-4-6-18(22)7-5-17/h4-7,12H,2-3,8-11,13-15H2,1H3,(H,23,27). The highest BCUT2D eigenvalue weighted by Crippen LogP contribution is 2.40. The third kappa shape index (κ3) is 3.90. The van der Waals surface area contributed by atoms with Gasteiger partial charge in [-0.05, 0) is 43.5 Å². The summed E-state index contributed by atoms with van der Waals surface area (Å²) in [4.78, 5) is 14.7. The van der Waals surface area contributed by atoms with E-state index in [0.717, 1.165) is 56.6 Å². The lowest BCUT2D eigenvalue weighted by molar-refractivity contribution is -0.122. The molecule has 5 nitrogen and oxygen atoms in total. The van der Waals surface area contributed by atoms with Crippen LogP contribution in [0.15, 0.2) is 30.3 Å². The number of amides is 1. The maximum atomic E-state index is 13.3. The summed E-state index contributed by atoms with van der Waals surface area (Å²) in [5, 5.41) is 7.62. The van der Waals surface area contributed by atoms with E-state index < -0.39 is 0 Å². The summed E-state index contributed by atoms with van der Waals surface area (Å²) >= 11 is 0. The Labute approximate surface area is 159 Å². The van der Waals surface area contributed by atoms with Crippen molar-refractivity contribution < 1.29 is 9.18 Å². The SMILES string of the molecule is Cc1cc2n(n1)CCN(CC(=O)NCC1(c3ccc(F)cc3)CCCC1)C2. The molecule has 0 atom stereocenters. The van der Waals surface area contributed by atoms with Gasteiger partial charge in [0.25, 0.3) is 0 Å². The first kappa shape index (κ1) is 18.2. The number of aromatic nitrogens is 2. The van der Waals surface area contributed by atoms with Crippen molar-refractivity contribution in [2.24, 2.45) is 0 Å². The van der Waals surface area contributed by atoms with Gasteiger partial charge in [0.15, 0.2) is 0 Å². The number of benzene rings is 1. The molecule has 1 aromatic heterocycles. The Morgan fingerprint density at radius 2 is 1.96 bits per heavy atom. The van der Waals surface area contributed by atoms with Crippen molar-refractivity contribution in [2.75, 3.05) is 19.6 Å². The number of fused-ring (bicyclic) bond motifs is 1. The van der Waals surface area contributed by atoms with Crippen LogP contribution >= 0.6 is 0 Å². The number of rotatable bonds is 5. The van der Waals surface area contributed by atoms with Gasteiger partial charge in [0.05, 0.1) is 24.5 Å². The fraction of sp³-hybridized carbons (Fsp3) is 0.524. The van der Waals surface area contributed by atoms with Gasteiger partial charge in [-0.25, -0.2) is 4.39 Å². The molecule has 144 valence electrons. The van der Waals surface area contributed by atoms with Gasteiger partial charge in [0.1, 0.15) is 5.82 Å². The van der Waals surface area contributed by atoms with Crippen molar-refractivity contribution in [2.45, 2.75) is 51.1 Å². The molecule has 27 heavy (non-hydrogen) atoms. The molecule has 2 aromatic rings. The van der Waals surface area contributed by atoms with Gasteiger partial charge >= 0.3 is 0 Å². The minimum atomic E-state index is -0.212. The topological polar surface area (TPSA) is 50.2 Å². The summed E-state index contributed by atoms with van der Waals surface area (Å²) in [6.45, 7) is 5.46. The molecule has 1 saturated carbocycles. The lowest BCUT2D eigenvalue weighted by Crippen LogP contribution is -2.45. The molecule has 1 aliphatic heterocycles. The molecule has 1 aliphatic carbocycles. The zero-order valence-electron chi connectivity index (χ0n) is 15.9. The van der Waals surface area contributed by atoms with Crippen molar-refractivity contribution in [3.63, 3.8) is 0 Å². The molecule has 2 aliphatic rings. The van der Waals surface area contributed by atoms with Crippen molar-refractivity contribution >= 4 is 5.91 Å². The number of aryl methyl sites for hydroxylation is 1. The van der Waals surface area contributed by atoms with Crippen LogP contribution in [-0.4, -0.2) is 40.2 Å². The normalized spacial score (nSPS) is 19.0. The maximum Gasteiger partial charge on any atom is 0.234 e. The lowest BCUT2D eigenvalue weighted by Gasteiger charge is -2.31. The number of nitrogens with one attached hydrogen (secondary N) is 1. The lowest BCUT2D eigenvalue weighted by atomic mass is 9.79. The summed E-state index contributed by atoms with van der Waals surface area (Å²) in [6, 6.07) is 8.89. The first-order valence-electron chi connectivity index (χ1n) is 9.83. The molecule has 0 unspecified atom stereocenters. The van der Waals surface area contributed by atoms with Crippen LogP contribution in [0.4, 0.5) is 4.39 Å². The molecule has 0 spiro atoms. The molecular formula is C21H27FN4O. The zero-order chi connectivity index (χ0) is 18.9. The van der Waals surface area contributed by atoms with Gasteiger partial charge in [0.2, 0.25) is 5.91 Å². The van der Waals surface area contributed by atoms with E-state index in [2.05, 4.69) is 21.4 Å². The molecule has 1 amide bonds. The average molecular weight is 370 g/mol. The summed E-state index contributed by atoms with van der Waals surface area (Å²) < 4.78 is 15.3. The molecule has 0 radical (unpaired) electrons. The quantitative estimate of drug-likeness (QED) is 0.881. The van der Waals surface area contributed by atoms with Crippen molar-refractivity contribution in [3.05, 3.63) is 53.1 Å². The van der Waals surface area contributed by atoms with Crippen LogP contribution < -0.4 is 5.32 Å². The average Bonchev–Trinajstić information content (AvgIpc) is 3.27. The Morgan fingerprint density at radius 1 is 1.22 bits per heavy atom. The number of nitrogens with zero attached hydrogens (tertiary/aromatic N) is 3. The van der Waals surface area contributed by atoms with E-state index in [-0.39, 0.29) is 17.1 Å². The third-order valence-corrected chi connectivity index (χ3v) is 6.01. The van der Waals surface area contributed by atoms with Gasteiger partial charge in [-0.15, -0.1) is 0 Å². The minimum absolute atomic E-state index is 0.0546. The van der Waals surface area contributed by atoms with E-state index in [0.29, 0.717) is 13.1 Å². The third-order valence-electron chi connectivity index (χ3n) is 6.01. The largest absolute Gasteiger partial charge is 0.354 e. The Kier molecular flexibility index (Phi) is 5.00. The molecule has 1 aromatic carbocycles. The second-order valence-corrected chi connectivity index (χ2v) is 7.98. The van der Waals surface area contributed by atoms with Gasteiger partial charge in [-0.2, -0.15) is 5.10 Å². The van der Waals surface area contributed by atoms with E-state index >= 15 is 0 Å². The van der Waals surface area contributed by atoms with E-state index in [1.165, 1.54) is 17.8 Å². The second-order valence-electron chi connectivity index (χ2n) is 7.98. The summed E-state index contributed by atoms with van der Waals surface area (Å²) in [6.07, 6.45) is 4.40. The maximum absolute atomic E-state index is 13.3. The molecule has 6 heteroatoms. The molecule has 2 heterocycles. The van der Waals surface area contributed by atoms with Gasteiger partial charge in [0, 0.05) is 25.0 Å². The van der Waals surface area contributed by atoms with Crippen LogP contribution in [0.5, 0.6) is 0 Å². The Bertz CT molecular complexity index is 808. The van der Waals surface area contributed by atoms with Crippen LogP contribution in [0.25, 0.3) is 0 Å². The number of carbonyl (C=O) groups is 1. The van der Waals surface area contributed by atoms with Crippen LogP contribution in [0.3, 0.4) is 0 Å². The first-order valence-corrected chi connectivity index (χ1v) is 9.83. The van der Waals surface area contributed by atoms with E-state index in [1.807, 2.05) is 23.7 Å². The fourth-order valence-corrected chi connectivity index (χ4v) is 4.55. The van der Waals surface area contributed by atoms with Gasteiger partial charge < -0.3 is 5.32 Å². The van der Waals surface area contributed by atoms with Gasteiger partial charge in [-0.1, -0.05) is 25.0 Å².